The van der Waals surface area contributed by atoms with Crippen LogP contribution in [0.2, 0.25) is 0 Å². The van der Waals surface area contributed by atoms with Crippen LogP contribution in [0.3, 0.4) is 0 Å². The summed E-state index contributed by atoms with van der Waals surface area (Å²) in [6.45, 7) is 11.0. The van der Waals surface area contributed by atoms with E-state index in [1.54, 1.807) is 14.2 Å². The van der Waals surface area contributed by atoms with E-state index in [-0.39, 0.29) is 0 Å². The van der Waals surface area contributed by atoms with Crippen LogP contribution in [0.25, 0.3) is 0 Å². The molecule has 1 aromatic carbocycles. The first-order valence-corrected chi connectivity index (χ1v) is 9.55. The Hall–Kier alpha value is -2.19. The van der Waals surface area contributed by atoms with Gasteiger partial charge in [-0.3, -0.25) is 9.80 Å². The summed E-state index contributed by atoms with van der Waals surface area (Å²) in [5.74, 6) is 2.54. The van der Waals surface area contributed by atoms with Crippen LogP contribution in [-0.2, 0) is 19.6 Å². The number of hydrogen-bond acceptors (Lipinski definition) is 7. The predicted molar refractivity (Wildman–Crippen MR) is 103 cm³/mol. The molecule has 1 fully saturated rings. The van der Waals surface area contributed by atoms with Gasteiger partial charge in [-0.2, -0.15) is 0 Å². The van der Waals surface area contributed by atoms with Gasteiger partial charge in [0.1, 0.15) is 0 Å². The highest BCUT2D eigenvalue weighted by Gasteiger charge is 2.20. The highest BCUT2D eigenvalue weighted by Crippen LogP contribution is 2.31. The average molecular weight is 374 g/mol. The Bertz CT molecular complexity index is 740. The van der Waals surface area contributed by atoms with Crippen molar-refractivity contribution in [1.29, 1.82) is 0 Å². The summed E-state index contributed by atoms with van der Waals surface area (Å²) in [5.41, 5.74) is 2.52. The number of piperazine rings is 1. The maximum absolute atomic E-state index is 5.46. The van der Waals surface area contributed by atoms with E-state index in [1.165, 1.54) is 11.1 Å². The van der Waals surface area contributed by atoms with Crippen LogP contribution in [0, 0.1) is 6.92 Å². The minimum Gasteiger partial charge on any atom is -0.493 e. The Morgan fingerprint density at radius 2 is 1.59 bits per heavy atom. The molecule has 27 heavy (non-hydrogen) atoms. The van der Waals surface area contributed by atoms with Gasteiger partial charge in [0.15, 0.2) is 17.3 Å². The normalized spacial score (nSPS) is 15.9. The van der Waals surface area contributed by atoms with Crippen molar-refractivity contribution in [3.8, 4) is 11.5 Å². The Labute approximate surface area is 161 Å². The van der Waals surface area contributed by atoms with Crippen molar-refractivity contribution in [2.45, 2.75) is 39.9 Å². The van der Waals surface area contributed by atoms with Crippen molar-refractivity contribution < 1.29 is 9.47 Å². The minimum atomic E-state index is 0.786. The maximum atomic E-state index is 5.46. The molecule has 2 aromatic rings. The van der Waals surface area contributed by atoms with E-state index < -0.39 is 0 Å². The van der Waals surface area contributed by atoms with Gasteiger partial charge < -0.3 is 9.47 Å². The summed E-state index contributed by atoms with van der Waals surface area (Å²) >= 11 is 0. The van der Waals surface area contributed by atoms with Gasteiger partial charge in [-0.25, -0.2) is 4.68 Å². The number of tetrazole rings is 1. The number of methoxy groups -OCH3 is 2. The fraction of sp³-hybridized carbons (Fsp3) is 0.632. The molecule has 0 bridgehead atoms. The Kier molecular flexibility index (Phi) is 6.63. The van der Waals surface area contributed by atoms with Gasteiger partial charge in [-0.15, -0.1) is 5.10 Å². The molecule has 0 spiro atoms. The summed E-state index contributed by atoms with van der Waals surface area (Å²) < 4.78 is 12.8. The molecule has 0 radical (unpaired) electrons. The molecule has 1 aliphatic rings. The lowest BCUT2D eigenvalue weighted by Gasteiger charge is -2.34. The van der Waals surface area contributed by atoms with Gasteiger partial charge in [-0.05, 0) is 47.0 Å². The standard InChI is InChI=1S/C19H30N6O2/c1-5-6-25-19(20-21-22-25)14-24-9-7-23(8-10-24)13-16-12-18(27-4)17(26-3)11-15(16)2/h11-12H,5-10,13-14H2,1-4H3. The molecule has 0 saturated carbocycles. The second kappa shape index (κ2) is 9.14. The molecule has 1 aliphatic heterocycles. The second-order valence-corrected chi connectivity index (χ2v) is 7.00. The fourth-order valence-corrected chi connectivity index (χ4v) is 3.46. The summed E-state index contributed by atoms with van der Waals surface area (Å²) in [5, 5.41) is 12.1. The van der Waals surface area contributed by atoms with Crippen LogP contribution in [0.4, 0.5) is 0 Å². The molecule has 0 atom stereocenters. The number of hydrogen-bond donors (Lipinski definition) is 0. The van der Waals surface area contributed by atoms with Crippen LogP contribution in [0.5, 0.6) is 11.5 Å². The molecule has 3 rings (SSSR count). The van der Waals surface area contributed by atoms with Crippen molar-refractivity contribution >= 4 is 0 Å². The number of aromatic nitrogens is 4. The highest BCUT2D eigenvalue weighted by atomic mass is 16.5. The summed E-state index contributed by atoms with van der Waals surface area (Å²) in [4.78, 5) is 4.91. The Morgan fingerprint density at radius 1 is 0.963 bits per heavy atom. The second-order valence-electron chi connectivity index (χ2n) is 7.00. The number of benzene rings is 1. The van der Waals surface area contributed by atoms with Gasteiger partial charge >= 0.3 is 0 Å². The van der Waals surface area contributed by atoms with E-state index in [1.807, 2.05) is 4.68 Å². The van der Waals surface area contributed by atoms with Gasteiger partial charge in [0.2, 0.25) is 0 Å². The van der Waals surface area contributed by atoms with Crippen molar-refractivity contribution in [2.75, 3.05) is 40.4 Å². The molecule has 1 aromatic heterocycles. The quantitative estimate of drug-likeness (QED) is 0.697. The molecule has 0 unspecified atom stereocenters. The minimum absolute atomic E-state index is 0.786. The highest BCUT2D eigenvalue weighted by molar-refractivity contribution is 5.47. The summed E-state index contributed by atoms with van der Waals surface area (Å²) in [6, 6.07) is 4.15. The molecule has 148 valence electrons. The smallest absolute Gasteiger partial charge is 0.165 e. The molecule has 8 nitrogen and oxygen atoms in total. The SMILES string of the molecule is CCCn1nnnc1CN1CCN(Cc2cc(OC)c(OC)cc2C)CC1. The van der Waals surface area contributed by atoms with Crippen molar-refractivity contribution in [1.82, 2.24) is 30.0 Å². The van der Waals surface area contributed by atoms with Crippen molar-refractivity contribution in [2.24, 2.45) is 0 Å². The lowest BCUT2D eigenvalue weighted by Crippen LogP contribution is -2.45. The van der Waals surface area contributed by atoms with Crippen LogP contribution in [-0.4, -0.2) is 70.4 Å². The first-order chi connectivity index (χ1) is 13.1. The van der Waals surface area contributed by atoms with Crippen LogP contribution < -0.4 is 9.47 Å². The third-order valence-electron chi connectivity index (χ3n) is 5.11. The van der Waals surface area contributed by atoms with E-state index in [2.05, 4.69) is 51.3 Å². The van der Waals surface area contributed by atoms with E-state index >= 15 is 0 Å². The molecule has 2 heterocycles. The average Bonchev–Trinajstić information content (AvgIpc) is 3.11. The molecular formula is C19H30N6O2. The zero-order valence-corrected chi connectivity index (χ0v) is 16.8. The largest absolute Gasteiger partial charge is 0.493 e. The lowest BCUT2D eigenvalue weighted by atomic mass is 10.1. The van der Waals surface area contributed by atoms with Crippen LogP contribution >= 0.6 is 0 Å². The zero-order chi connectivity index (χ0) is 19.2. The Balaban J connectivity index is 1.56. The van der Waals surface area contributed by atoms with Crippen molar-refractivity contribution in [3.05, 3.63) is 29.1 Å². The molecule has 0 aliphatic carbocycles. The monoisotopic (exact) mass is 374 g/mol. The van der Waals surface area contributed by atoms with Crippen molar-refractivity contribution in [3.63, 3.8) is 0 Å². The third kappa shape index (κ3) is 4.75. The van der Waals surface area contributed by atoms with Crippen LogP contribution in [0.1, 0.15) is 30.3 Å². The third-order valence-corrected chi connectivity index (χ3v) is 5.11. The summed E-state index contributed by atoms with van der Waals surface area (Å²) in [7, 11) is 3.36. The Morgan fingerprint density at radius 3 is 2.22 bits per heavy atom. The summed E-state index contributed by atoms with van der Waals surface area (Å²) in [6.07, 6.45) is 1.04. The van der Waals surface area contributed by atoms with Gasteiger partial charge in [-0.1, -0.05) is 6.92 Å². The van der Waals surface area contributed by atoms with E-state index in [0.29, 0.717) is 0 Å². The number of nitrogens with zero attached hydrogens (tertiary/aromatic N) is 6. The molecule has 0 N–H and O–H groups in total. The first-order valence-electron chi connectivity index (χ1n) is 9.55. The first kappa shape index (κ1) is 19.6. The van der Waals surface area contributed by atoms with E-state index in [9.17, 15) is 0 Å². The van der Waals surface area contributed by atoms with Crippen LogP contribution in [0.15, 0.2) is 12.1 Å². The fourth-order valence-electron chi connectivity index (χ4n) is 3.46. The van der Waals surface area contributed by atoms with Gasteiger partial charge in [0, 0.05) is 39.3 Å². The molecule has 1 saturated heterocycles. The maximum Gasteiger partial charge on any atom is 0.165 e. The number of aryl methyl sites for hydroxylation is 2. The van der Waals surface area contributed by atoms with Gasteiger partial charge in [0.25, 0.3) is 0 Å². The number of ether oxygens (including phenoxy) is 2. The molecule has 0 amide bonds. The van der Waals surface area contributed by atoms with Gasteiger partial charge in [0.05, 0.1) is 20.8 Å². The lowest BCUT2D eigenvalue weighted by molar-refractivity contribution is 0.118. The topological polar surface area (TPSA) is 68.5 Å². The molecular weight excluding hydrogens is 344 g/mol. The predicted octanol–water partition coefficient (Wildman–Crippen LogP) is 1.73. The van der Waals surface area contributed by atoms with E-state index in [4.69, 9.17) is 9.47 Å². The van der Waals surface area contributed by atoms with E-state index in [0.717, 1.165) is 69.6 Å². The number of rotatable bonds is 8. The molecule has 8 heteroatoms. The zero-order valence-electron chi connectivity index (χ0n) is 16.8.